The Bertz CT molecular complexity index is 1550. The van der Waals surface area contributed by atoms with Crippen LogP contribution in [0.5, 0.6) is 0 Å². The van der Waals surface area contributed by atoms with Crippen LogP contribution < -0.4 is 22.5 Å². The van der Waals surface area contributed by atoms with E-state index in [1.54, 1.807) is 12.1 Å². The number of halogens is 4. The van der Waals surface area contributed by atoms with Gasteiger partial charge in [-0.3, -0.25) is 9.56 Å². The molecule has 0 amide bonds. The highest BCUT2D eigenvalue weighted by Crippen LogP contribution is 2.37. The second kappa shape index (κ2) is 12.3. The van der Waals surface area contributed by atoms with Crippen LogP contribution in [0.1, 0.15) is 42.9 Å². The van der Waals surface area contributed by atoms with Crippen molar-refractivity contribution in [3.05, 3.63) is 81.7 Å². The van der Waals surface area contributed by atoms with Gasteiger partial charge in [0.15, 0.2) is 5.96 Å². The number of hydrogen-bond donors (Lipinski definition) is 4. The van der Waals surface area contributed by atoms with Crippen molar-refractivity contribution >= 4 is 17.0 Å². The van der Waals surface area contributed by atoms with Crippen molar-refractivity contribution in [1.29, 1.82) is 0 Å². The number of aromatic amines is 1. The van der Waals surface area contributed by atoms with Crippen LogP contribution in [-0.4, -0.2) is 33.6 Å². The number of nitrogens with one attached hydrogen (secondary N) is 2. The number of nitrogens with zero attached hydrogens (tertiary/aromatic N) is 3. The monoisotopic (exact) mass is 557 g/mol. The zero-order valence-corrected chi connectivity index (χ0v) is 22.0. The van der Waals surface area contributed by atoms with E-state index in [9.17, 15) is 18.0 Å². The first-order chi connectivity index (χ1) is 19.1. The van der Waals surface area contributed by atoms with Crippen LogP contribution in [0.25, 0.3) is 28.0 Å². The molecule has 12 heteroatoms. The smallest absolute Gasteiger partial charge is 0.370 e. The second-order valence-electron chi connectivity index (χ2n) is 9.49. The molecule has 2 aromatic heterocycles. The minimum atomic E-state index is -4.84. The third-order valence-electron chi connectivity index (χ3n) is 6.40. The maximum atomic E-state index is 15.1. The molecule has 0 aliphatic rings. The highest BCUT2D eigenvalue weighted by molar-refractivity contribution is 5.83. The summed E-state index contributed by atoms with van der Waals surface area (Å²) >= 11 is 0. The fourth-order valence-corrected chi connectivity index (χ4v) is 4.36. The van der Waals surface area contributed by atoms with E-state index < -0.39 is 23.2 Å². The van der Waals surface area contributed by atoms with Gasteiger partial charge in [-0.05, 0) is 67.3 Å². The normalized spacial score (nSPS) is 11.7. The Morgan fingerprint density at radius 1 is 1.10 bits per heavy atom. The molecule has 0 spiro atoms. The van der Waals surface area contributed by atoms with Gasteiger partial charge in [-0.15, -0.1) is 0 Å². The quantitative estimate of drug-likeness (QED) is 0.0926. The van der Waals surface area contributed by atoms with Crippen LogP contribution in [0.15, 0.2) is 58.4 Å². The van der Waals surface area contributed by atoms with Crippen molar-refractivity contribution in [2.45, 2.75) is 45.3 Å². The molecular formula is C28H31F4N7O. The van der Waals surface area contributed by atoms with Crippen LogP contribution in [0, 0.1) is 5.82 Å². The molecular weight excluding hydrogens is 526 g/mol. The zero-order valence-electron chi connectivity index (χ0n) is 22.0. The van der Waals surface area contributed by atoms with Crippen LogP contribution in [0.2, 0.25) is 0 Å². The van der Waals surface area contributed by atoms with E-state index in [1.165, 1.54) is 22.9 Å². The summed E-state index contributed by atoms with van der Waals surface area (Å²) in [4.78, 5) is 23.6. The lowest BCUT2D eigenvalue weighted by Crippen LogP contribution is -2.23. The molecule has 2 aromatic carbocycles. The first-order valence-corrected chi connectivity index (χ1v) is 12.9. The van der Waals surface area contributed by atoms with Gasteiger partial charge < -0.3 is 21.8 Å². The highest BCUT2D eigenvalue weighted by Gasteiger charge is 2.36. The van der Waals surface area contributed by atoms with Gasteiger partial charge in [-0.25, -0.2) is 9.18 Å². The average molecular weight is 558 g/mol. The number of rotatable bonds is 11. The van der Waals surface area contributed by atoms with Gasteiger partial charge in [0.1, 0.15) is 11.5 Å². The number of nitrogens with two attached hydrogens (primary N) is 2. The number of benzene rings is 2. The molecule has 0 fully saturated rings. The van der Waals surface area contributed by atoms with Gasteiger partial charge in [0, 0.05) is 30.2 Å². The lowest BCUT2D eigenvalue weighted by molar-refractivity contribution is -0.140. The van der Waals surface area contributed by atoms with Crippen molar-refractivity contribution in [3.63, 3.8) is 0 Å². The van der Waals surface area contributed by atoms with E-state index in [1.807, 2.05) is 19.1 Å². The molecule has 40 heavy (non-hydrogen) atoms. The number of aromatic nitrogens is 3. The summed E-state index contributed by atoms with van der Waals surface area (Å²) in [7, 11) is 0. The molecule has 0 saturated heterocycles. The minimum absolute atomic E-state index is 0.0636. The summed E-state index contributed by atoms with van der Waals surface area (Å²) in [6, 6.07) is 11.1. The maximum Gasteiger partial charge on any atom is 0.419 e. The summed E-state index contributed by atoms with van der Waals surface area (Å²) < 4.78 is 57.2. The molecule has 0 unspecified atom stereocenters. The van der Waals surface area contributed by atoms with Crippen molar-refractivity contribution in [2.75, 3.05) is 13.1 Å². The third kappa shape index (κ3) is 6.87. The minimum Gasteiger partial charge on any atom is -0.370 e. The predicted molar refractivity (Wildman–Crippen MR) is 148 cm³/mol. The second-order valence-corrected chi connectivity index (χ2v) is 9.49. The van der Waals surface area contributed by atoms with Gasteiger partial charge >= 0.3 is 11.9 Å². The van der Waals surface area contributed by atoms with Gasteiger partial charge in [0.05, 0.1) is 16.9 Å². The Hall–Kier alpha value is -4.19. The van der Waals surface area contributed by atoms with Gasteiger partial charge in [0.25, 0.3) is 0 Å². The van der Waals surface area contributed by atoms with Crippen LogP contribution in [0.3, 0.4) is 0 Å². The molecule has 4 aromatic rings. The molecule has 0 bridgehead atoms. The number of H-pyrrole nitrogens is 1. The standard InChI is InChI=1S/C28H31F4N7O/c1-2-3-5-18-12-21(24(29)22(13-18)28(30,31)32)23-14-19-16-39(27(40)38-25(19)37-23)20-8-6-17(7-9-20)15-35-10-4-11-36-26(33)34/h6-9,12-14,16,35H,2-5,10-11,15H2,1H3,(H4,33,34,36)(H,37,38,40). The van der Waals surface area contributed by atoms with Gasteiger partial charge in [-0.2, -0.15) is 18.2 Å². The number of aryl methyl sites for hydroxylation is 1. The first kappa shape index (κ1) is 28.8. The fourth-order valence-electron chi connectivity index (χ4n) is 4.36. The summed E-state index contributed by atoms with van der Waals surface area (Å²) in [6.07, 6.45) is -0.685. The van der Waals surface area contributed by atoms with Crippen LogP contribution >= 0.6 is 0 Å². The van der Waals surface area contributed by atoms with Crippen molar-refractivity contribution < 1.29 is 17.6 Å². The summed E-state index contributed by atoms with van der Waals surface area (Å²) in [5.41, 5.74) is 10.7. The zero-order chi connectivity index (χ0) is 28.9. The molecule has 2 heterocycles. The first-order valence-electron chi connectivity index (χ1n) is 12.9. The maximum absolute atomic E-state index is 15.1. The molecule has 0 aliphatic heterocycles. The Labute approximate surface area is 228 Å². The Balaban J connectivity index is 1.58. The van der Waals surface area contributed by atoms with Gasteiger partial charge in [-0.1, -0.05) is 25.5 Å². The lowest BCUT2D eigenvalue weighted by atomic mass is 9.99. The van der Waals surface area contributed by atoms with Crippen molar-refractivity contribution in [1.82, 2.24) is 19.9 Å². The summed E-state index contributed by atoms with van der Waals surface area (Å²) in [6.45, 7) is 3.80. The van der Waals surface area contributed by atoms with Crippen LogP contribution in [0.4, 0.5) is 17.6 Å². The van der Waals surface area contributed by atoms with Crippen molar-refractivity contribution in [2.24, 2.45) is 16.5 Å². The van der Waals surface area contributed by atoms with E-state index in [-0.39, 0.29) is 22.9 Å². The Morgan fingerprint density at radius 3 is 2.52 bits per heavy atom. The van der Waals surface area contributed by atoms with Gasteiger partial charge in [0.2, 0.25) is 0 Å². The molecule has 4 rings (SSSR count). The van der Waals surface area contributed by atoms with E-state index in [0.717, 1.165) is 31.0 Å². The molecule has 6 N–H and O–H groups in total. The Kier molecular flexibility index (Phi) is 8.88. The summed E-state index contributed by atoms with van der Waals surface area (Å²) in [5.74, 6) is -1.30. The number of aliphatic imine (C=N–C) groups is 1. The number of hydrogen-bond acceptors (Lipinski definition) is 4. The van der Waals surface area contributed by atoms with E-state index in [2.05, 4.69) is 20.3 Å². The molecule has 0 atom stereocenters. The number of guanidine groups is 1. The van der Waals surface area contributed by atoms with E-state index >= 15 is 4.39 Å². The number of fused-ring (bicyclic) bond motifs is 1. The van der Waals surface area contributed by atoms with E-state index in [0.29, 0.717) is 42.6 Å². The third-order valence-corrected chi connectivity index (χ3v) is 6.40. The molecule has 8 nitrogen and oxygen atoms in total. The summed E-state index contributed by atoms with van der Waals surface area (Å²) in [5, 5.41) is 3.74. The average Bonchev–Trinajstić information content (AvgIpc) is 3.31. The highest BCUT2D eigenvalue weighted by atomic mass is 19.4. The Morgan fingerprint density at radius 2 is 1.85 bits per heavy atom. The molecule has 212 valence electrons. The molecule has 0 aliphatic carbocycles. The molecule has 0 saturated carbocycles. The van der Waals surface area contributed by atoms with Crippen molar-refractivity contribution in [3.8, 4) is 16.9 Å². The predicted octanol–water partition coefficient (Wildman–Crippen LogP) is 4.63. The largest absolute Gasteiger partial charge is 0.419 e. The van der Waals surface area contributed by atoms with E-state index in [4.69, 9.17) is 11.5 Å². The number of alkyl halides is 3. The van der Waals surface area contributed by atoms with Crippen LogP contribution in [-0.2, 0) is 19.1 Å². The fraction of sp³-hybridized carbons (Fsp3) is 0.321. The molecule has 0 radical (unpaired) electrons. The topological polar surface area (TPSA) is 127 Å². The lowest BCUT2D eigenvalue weighted by Gasteiger charge is -2.13. The SMILES string of the molecule is CCCCc1cc(-c2cc3cn(-c4ccc(CNCCCN=C(N)N)cc4)c(=O)nc3[nH]2)c(F)c(C(F)(F)F)c1. The number of unbranched alkanes of at least 4 members (excludes halogenated alkanes) is 1.